The van der Waals surface area contributed by atoms with Crippen LogP contribution >= 0.6 is 0 Å². The van der Waals surface area contributed by atoms with E-state index in [0.717, 1.165) is 31.8 Å². The smallest absolute Gasteiger partial charge is 0.269 e. The molecular weight excluding hydrogens is 318 g/mol. The predicted octanol–water partition coefficient (Wildman–Crippen LogP) is 2.91. The Morgan fingerprint density at radius 2 is 1.92 bits per heavy atom. The molecular formula is C19H27N3O3. The first-order valence-corrected chi connectivity index (χ1v) is 9.35. The van der Waals surface area contributed by atoms with Crippen molar-refractivity contribution in [3.05, 3.63) is 39.9 Å². The van der Waals surface area contributed by atoms with Gasteiger partial charge in [-0.15, -0.1) is 0 Å². The molecule has 2 fully saturated rings. The van der Waals surface area contributed by atoms with Gasteiger partial charge in [0, 0.05) is 37.8 Å². The van der Waals surface area contributed by atoms with E-state index in [2.05, 4.69) is 10.2 Å². The maximum atomic E-state index is 12.2. The molecule has 0 radical (unpaired) electrons. The van der Waals surface area contributed by atoms with Crippen molar-refractivity contribution in [1.29, 1.82) is 0 Å². The van der Waals surface area contributed by atoms with Crippen LogP contribution in [-0.2, 0) is 11.2 Å². The summed E-state index contributed by atoms with van der Waals surface area (Å²) in [5.74, 6) is 0.828. The van der Waals surface area contributed by atoms with Crippen molar-refractivity contribution in [3.63, 3.8) is 0 Å². The zero-order valence-electron chi connectivity index (χ0n) is 14.7. The Labute approximate surface area is 148 Å². The molecule has 0 aromatic heterocycles. The summed E-state index contributed by atoms with van der Waals surface area (Å²) in [6, 6.07) is 6.54. The number of nitrogens with zero attached hydrogens (tertiary/aromatic N) is 2. The number of carbonyl (C=O) groups is 1. The Hall–Kier alpha value is -1.95. The third-order valence-corrected chi connectivity index (χ3v) is 5.43. The molecule has 6 heteroatoms. The average molecular weight is 345 g/mol. The Kier molecular flexibility index (Phi) is 6.02. The zero-order chi connectivity index (χ0) is 17.6. The monoisotopic (exact) mass is 345 g/mol. The van der Waals surface area contributed by atoms with Crippen molar-refractivity contribution >= 4 is 11.6 Å². The number of benzene rings is 1. The lowest BCUT2D eigenvalue weighted by molar-refractivity contribution is -0.384. The molecule has 1 amide bonds. The third-order valence-electron chi connectivity index (χ3n) is 5.43. The Bertz CT molecular complexity index is 606. The van der Waals surface area contributed by atoms with Crippen molar-refractivity contribution in [3.8, 4) is 0 Å². The summed E-state index contributed by atoms with van der Waals surface area (Å²) in [4.78, 5) is 25.1. The van der Waals surface area contributed by atoms with Gasteiger partial charge in [0.25, 0.3) is 5.69 Å². The standard InChI is InChI=1S/C19H27N3O3/c23-19(13-16-6-3-7-18(12-16)22(24)25)20-17-8-10-21(11-9-17)14-15-4-1-2-5-15/h3,6-7,12,15,17H,1-2,4-5,8-11,13-14H2,(H,20,23). The number of likely N-dealkylation sites (tertiary alicyclic amines) is 1. The molecule has 1 aliphatic heterocycles. The van der Waals surface area contributed by atoms with E-state index in [1.54, 1.807) is 12.1 Å². The molecule has 2 aliphatic rings. The molecule has 1 saturated carbocycles. The summed E-state index contributed by atoms with van der Waals surface area (Å²) < 4.78 is 0. The zero-order valence-corrected chi connectivity index (χ0v) is 14.7. The highest BCUT2D eigenvalue weighted by molar-refractivity contribution is 5.79. The number of nitrogens with one attached hydrogen (secondary N) is 1. The van der Waals surface area contributed by atoms with Crippen LogP contribution in [-0.4, -0.2) is 41.4 Å². The Morgan fingerprint density at radius 3 is 2.60 bits per heavy atom. The fourth-order valence-corrected chi connectivity index (χ4v) is 4.06. The second-order valence-electron chi connectivity index (χ2n) is 7.40. The summed E-state index contributed by atoms with van der Waals surface area (Å²) in [5, 5.41) is 13.9. The third kappa shape index (κ3) is 5.26. The van der Waals surface area contributed by atoms with Crippen LogP contribution in [0.4, 0.5) is 5.69 Å². The van der Waals surface area contributed by atoms with Gasteiger partial charge in [-0.1, -0.05) is 25.0 Å². The van der Waals surface area contributed by atoms with E-state index in [1.165, 1.54) is 44.4 Å². The lowest BCUT2D eigenvalue weighted by Crippen LogP contribution is -2.46. The molecule has 3 rings (SSSR count). The molecule has 1 aliphatic carbocycles. The molecule has 136 valence electrons. The van der Waals surface area contributed by atoms with Crippen LogP contribution in [0, 0.1) is 16.0 Å². The fourth-order valence-electron chi connectivity index (χ4n) is 4.06. The number of nitro groups is 1. The van der Waals surface area contributed by atoms with Crippen LogP contribution < -0.4 is 5.32 Å². The fraction of sp³-hybridized carbons (Fsp3) is 0.632. The highest BCUT2D eigenvalue weighted by Gasteiger charge is 2.24. The van der Waals surface area contributed by atoms with Crippen LogP contribution in [0.25, 0.3) is 0 Å². The molecule has 25 heavy (non-hydrogen) atoms. The molecule has 6 nitrogen and oxygen atoms in total. The van der Waals surface area contributed by atoms with Crippen LogP contribution in [0.3, 0.4) is 0 Å². The van der Waals surface area contributed by atoms with E-state index in [0.29, 0.717) is 5.56 Å². The van der Waals surface area contributed by atoms with Gasteiger partial charge < -0.3 is 10.2 Å². The summed E-state index contributed by atoms with van der Waals surface area (Å²) in [6.07, 6.45) is 7.70. The summed E-state index contributed by atoms with van der Waals surface area (Å²) in [7, 11) is 0. The van der Waals surface area contributed by atoms with Gasteiger partial charge in [-0.25, -0.2) is 0 Å². The quantitative estimate of drug-likeness (QED) is 0.635. The second kappa shape index (κ2) is 8.43. The SMILES string of the molecule is O=C(Cc1cccc([N+](=O)[O-])c1)NC1CCN(CC2CCCC2)CC1. The summed E-state index contributed by atoms with van der Waals surface area (Å²) in [6.45, 7) is 3.32. The number of rotatable bonds is 6. The van der Waals surface area contributed by atoms with Crippen LogP contribution in [0.1, 0.15) is 44.1 Å². The molecule has 1 saturated heterocycles. The number of nitro benzene ring substituents is 1. The molecule has 1 N–H and O–H groups in total. The van der Waals surface area contributed by atoms with E-state index < -0.39 is 4.92 Å². The van der Waals surface area contributed by atoms with Crippen LogP contribution in [0.5, 0.6) is 0 Å². The van der Waals surface area contributed by atoms with Gasteiger partial charge in [-0.3, -0.25) is 14.9 Å². The van der Waals surface area contributed by atoms with Gasteiger partial charge in [0.15, 0.2) is 0 Å². The molecule has 0 unspecified atom stereocenters. The van der Waals surface area contributed by atoms with Crippen molar-refractivity contribution in [2.45, 2.75) is 51.0 Å². The first-order chi connectivity index (χ1) is 12.1. The van der Waals surface area contributed by atoms with Gasteiger partial charge in [0.05, 0.1) is 11.3 Å². The maximum absolute atomic E-state index is 12.2. The summed E-state index contributed by atoms with van der Waals surface area (Å²) in [5.41, 5.74) is 0.718. The maximum Gasteiger partial charge on any atom is 0.269 e. The van der Waals surface area contributed by atoms with Crippen LogP contribution in [0.15, 0.2) is 24.3 Å². The minimum atomic E-state index is -0.429. The minimum Gasteiger partial charge on any atom is -0.353 e. The van der Waals surface area contributed by atoms with Gasteiger partial charge in [-0.2, -0.15) is 0 Å². The largest absolute Gasteiger partial charge is 0.353 e. The number of piperidine rings is 1. The van der Waals surface area contributed by atoms with Crippen molar-refractivity contribution in [2.75, 3.05) is 19.6 Å². The minimum absolute atomic E-state index is 0.0329. The lowest BCUT2D eigenvalue weighted by Gasteiger charge is -2.33. The number of hydrogen-bond acceptors (Lipinski definition) is 4. The molecule has 0 spiro atoms. The molecule has 0 bridgehead atoms. The van der Waals surface area contributed by atoms with E-state index in [4.69, 9.17) is 0 Å². The number of carbonyl (C=O) groups excluding carboxylic acids is 1. The predicted molar refractivity (Wildman–Crippen MR) is 96.4 cm³/mol. The van der Waals surface area contributed by atoms with Crippen molar-refractivity contribution in [1.82, 2.24) is 10.2 Å². The number of hydrogen-bond donors (Lipinski definition) is 1. The highest BCUT2D eigenvalue weighted by Crippen LogP contribution is 2.26. The van der Waals surface area contributed by atoms with Crippen molar-refractivity contribution < 1.29 is 9.72 Å². The Morgan fingerprint density at radius 1 is 1.20 bits per heavy atom. The van der Waals surface area contributed by atoms with E-state index in [1.807, 2.05) is 0 Å². The molecule has 0 atom stereocenters. The van der Waals surface area contributed by atoms with Gasteiger partial charge in [-0.05, 0) is 37.2 Å². The van der Waals surface area contributed by atoms with E-state index in [-0.39, 0.29) is 24.1 Å². The van der Waals surface area contributed by atoms with Gasteiger partial charge >= 0.3 is 0 Å². The molecule has 1 aromatic carbocycles. The summed E-state index contributed by atoms with van der Waals surface area (Å²) >= 11 is 0. The first kappa shape index (κ1) is 17.9. The van der Waals surface area contributed by atoms with Gasteiger partial charge in [0.1, 0.15) is 0 Å². The Balaban J connectivity index is 1.41. The molecule has 1 heterocycles. The van der Waals surface area contributed by atoms with Crippen molar-refractivity contribution in [2.24, 2.45) is 5.92 Å². The van der Waals surface area contributed by atoms with E-state index in [9.17, 15) is 14.9 Å². The van der Waals surface area contributed by atoms with E-state index >= 15 is 0 Å². The average Bonchev–Trinajstić information content (AvgIpc) is 3.10. The van der Waals surface area contributed by atoms with Crippen LogP contribution in [0.2, 0.25) is 0 Å². The topological polar surface area (TPSA) is 75.5 Å². The highest BCUT2D eigenvalue weighted by atomic mass is 16.6. The first-order valence-electron chi connectivity index (χ1n) is 9.35. The number of non-ortho nitro benzene ring substituents is 1. The van der Waals surface area contributed by atoms with Gasteiger partial charge in [0.2, 0.25) is 5.91 Å². The normalized spacial score (nSPS) is 19.8. The molecule has 1 aromatic rings. The lowest BCUT2D eigenvalue weighted by atomic mass is 10.0. The number of amides is 1. The second-order valence-corrected chi connectivity index (χ2v) is 7.40.